The Morgan fingerprint density at radius 1 is 1.22 bits per heavy atom. The maximum Gasteiger partial charge on any atom is 0.392 e. The van der Waals surface area contributed by atoms with Gasteiger partial charge in [0.25, 0.3) is 5.91 Å². The van der Waals surface area contributed by atoms with Crippen LogP contribution in [0.1, 0.15) is 36.2 Å². The number of aromatic amines is 1. The van der Waals surface area contributed by atoms with E-state index in [0.717, 1.165) is 0 Å². The standard InChI is InChI=1S/C14H19F3N4O2/c15-14(16,17)10-4-2-1-3-9(10)12(22)18-7-8-19-13(23)11-5-6-20-21-11/h5-6,9-10H,1-4,7-8H2,(H,18,22)(H,19,23)(H,20,21)/t9-,10-/m1/s1. The first kappa shape index (κ1) is 17.3. The molecule has 2 rings (SSSR count). The summed E-state index contributed by atoms with van der Waals surface area (Å²) in [6.45, 7) is 0.215. The van der Waals surface area contributed by atoms with Crippen LogP contribution in [0.2, 0.25) is 0 Å². The average Bonchev–Trinajstić information content (AvgIpc) is 3.04. The molecule has 0 unspecified atom stereocenters. The SMILES string of the molecule is O=C(NCCNC(=O)[C@@H]1CCCC[C@H]1C(F)(F)F)c1ccn[nH]1. The van der Waals surface area contributed by atoms with Crippen molar-refractivity contribution in [3.63, 3.8) is 0 Å². The number of carbonyl (C=O) groups is 2. The number of nitrogens with one attached hydrogen (secondary N) is 3. The third kappa shape index (κ3) is 4.70. The Morgan fingerprint density at radius 2 is 1.91 bits per heavy atom. The zero-order valence-corrected chi connectivity index (χ0v) is 12.4. The van der Waals surface area contributed by atoms with Gasteiger partial charge < -0.3 is 10.6 Å². The van der Waals surface area contributed by atoms with Gasteiger partial charge in [0.15, 0.2) is 0 Å². The Hall–Kier alpha value is -2.06. The van der Waals surface area contributed by atoms with Crippen LogP contribution < -0.4 is 10.6 Å². The first-order valence-electron chi connectivity index (χ1n) is 7.51. The van der Waals surface area contributed by atoms with Crippen LogP contribution in [0.3, 0.4) is 0 Å². The van der Waals surface area contributed by atoms with Gasteiger partial charge in [0.1, 0.15) is 5.69 Å². The quantitative estimate of drug-likeness (QED) is 0.716. The topological polar surface area (TPSA) is 86.9 Å². The molecular formula is C14H19F3N4O2. The lowest BCUT2D eigenvalue weighted by molar-refractivity contribution is -0.198. The van der Waals surface area contributed by atoms with Gasteiger partial charge in [0, 0.05) is 25.2 Å². The summed E-state index contributed by atoms with van der Waals surface area (Å²) in [7, 11) is 0. The summed E-state index contributed by atoms with van der Waals surface area (Å²) in [5, 5.41) is 11.1. The van der Waals surface area contributed by atoms with Crippen LogP contribution in [0, 0.1) is 11.8 Å². The second-order valence-corrected chi connectivity index (χ2v) is 5.56. The third-order valence-electron chi connectivity index (χ3n) is 3.98. The van der Waals surface area contributed by atoms with E-state index in [1.807, 2.05) is 0 Å². The minimum Gasteiger partial charge on any atom is -0.354 e. The fraction of sp³-hybridized carbons (Fsp3) is 0.643. The number of carbonyl (C=O) groups excluding carboxylic acids is 2. The number of hydrogen-bond acceptors (Lipinski definition) is 3. The predicted molar refractivity (Wildman–Crippen MR) is 75.4 cm³/mol. The number of aromatic nitrogens is 2. The summed E-state index contributed by atoms with van der Waals surface area (Å²) in [5.74, 6) is -3.59. The van der Waals surface area contributed by atoms with Crippen molar-refractivity contribution < 1.29 is 22.8 Å². The Bertz CT molecular complexity index is 531. The Labute approximate surface area is 131 Å². The lowest BCUT2D eigenvalue weighted by Gasteiger charge is -2.32. The number of alkyl halides is 3. The lowest BCUT2D eigenvalue weighted by atomic mass is 9.78. The molecular weight excluding hydrogens is 313 g/mol. The molecule has 0 radical (unpaired) electrons. The van der Waals surface area contributed by atoms with Crippen LogP contribution in [-0.2, 0) is 4.79 Å². The average molecular weight is 332 g/mol. The van der Waals surface area contributed by atoms with E-state index in [2.05, 4.69) is 20.8 Å². The molecule has 0 bridgehead atoms. The highest BCUT2D eigenvalue weighted by atomic mass is 19.4. The molecule has 6 nitrogen and oxygen atoms in total. The van der Waals surface area contributed by atoms with Gasteiger partial charge in [-0.1, -0.05) is 12.8 Å². The first-order valence-corrected chi connectivity index (χ1v) is 7.51. The molecule has 1 heterocycles. The Balaban J connectivity index is 1.76. The molecule has 1 aliphatic rings. The molecule has 0 saturated heterocycles. The molecule has 9 heteroatoms. The lowest BCUT2D eigenvalue weighted by Crippen LogP contribution is -2.44. The maximum atomic E-state index is 13.0. The van der Waals surface area contributed by atoms with Crippen LogP contribution in [0.25, 0.3) is 0 Å². The van der Waals surface area contributed by atoms with Gasteiger partial charge in [-0.15, -0.1) is 0 Å². The van der Waals surface area contributed by atoms with Crippen molar-refractivity contribution in [3.8, 4) is 0 Å². The molecule has 128 valence electrons. The van der Waals surface area contributed by atoms with Crippen LogP contribution in [0.15, 0.2) is 12.3 Å². The van der Waals surface area contributed by atoms with Gasteiger partial charge >= 0.3 is 6.18 Å². The van der Waals surface area contributed by atoms with Crippen LogP contribution in [0.4, 0.5) is 13.2 Å². The Kier molecular flexibility index (Phi) is 5.62. The molecule has 1 aromatic rings. The van der Waals surface area contributed by atoms with E-state index in [0.29, 0.717) is 12.8 Å². The van der Waals surface area contributed by atoms with Gasteiger partial charge in [-0.05, 0) is 18.9 Å². The van der Waals surface area contributed by atoms with Gasteiger partial charge in [-0.3, -0.25) is 14.7 Å². The summed E-state index contributed by atoms with van der Waals surface area (Å²) in [5.41, 5.74) is 0.278. The number of nitrogens with zero attached hydrogens (tertiary/aromatic N) is 1. The molecule has 1 aromatic heterocycles. The van der Waals surface area contributed by atoms with E-state index in [4.69, 9.17) is 0 Å². The highest BCUT2D eigenvalue weighted by Crippen LogP contribution is 2.41. The second kappa shape index (κ2) is 7.47. The van der Waals surface area contributed by atoms with E-state index < -0.39 is 23.9 Å². The minimum atomic E-state index is -4.35. The highest BCUT2D eigenvalue weighted by Gasteiger charge is 2.47. The van der Waals surface area contributed by atoms with Gasteiger partial charge in [-0.2, -0.15) is 18.3 Å². The van der Waals surface area contributed by atoms with Gasteiger partial charge in [-0.25, -0.2) is 0 Å². The summed E-state index contributed by atoms with van der Waals surface area (Å²) in [6, 6.07) is 1.49. The number of H-pyrrole nitrogens is 1. The summed E-state index contributed by atoms with van der Waals surface area (Å²) in [4.78, 5) is 23.6. The number of rotatable bonds is 5. The van der Waals surface area contributed by atoms with Gasteiger partial charge in [0.05, 0.1) is 5.92 Å². The summed E-state index contributed by atoms with van der Waals surface area (Å²) < 4.78 is 38.9. The number of hydrogen-bond donors (Lipinski definition) is 3. The van der Waals surface area contributed by atoms with E-state index in [9.17, 15) is 22.8 Å². The normalized spacial score (nSPS) is 21.7. The van der Waals surface area contributed by atoms with Crippen molar-refractivity contribution in [2.24, 2.45) is 11.8 Å². The van der Waals surface area contributed by atoms with Crippen LogP contribution in [-0.4, -0.2) is 41.3 Å². The van der Waals surface area contributed by atoms with Crippen LogP contribution >= 0.6 is 0 Å². The van der Waals surface area contributed by atoms with Gasteiger partial charge in [0.2, 0.25) is 5.91 Å². The van der Waals surface area contributed by atoms with E-state index in [1.54, 1.807) is 0 Å². The maximum absolute atomic E-state index is 13.0. The van der Waals surface area contributed by atoms with Crippen molar-refractivity contribution in [2.75, 3.05) is 13.1 Å². The molecule has 0 aromatic carbocycles. The van der Waals surface area contributed by atoms with Crippen molar-refractivity contribution in [3.05, 3.63) is 18.0 Å². The monoisotopic (exact) mass is 332 g/mol. The molecule has 1 aliphatic carbocycles. The molecule has 3 N–H and O–H groups in total. The van der Waals surface area contributed by atoms with Crippen molar-refractivity contribution in [2.45, 2.75) is 31.9 Å². The zero-order chi connectivity index (χ0) is 16.9. The van der Waals surface area contributed by atoms with E-state index in [-0.39, 0.29) is 37.5 Å². The molecule has 23 heavy (non-hydrogen) atoms. The van der Waals surface area contributed by atoms with Crippen molar-refractivity contribution >= 4 is 11.8 Å². The number of amides is 2. The van der Waals surface area contributed by atoms with Crippen molar-refractivity contribution in [1.29, 1.82) is 0 Å². The fourth-order valence-corrected chi connectivity index (χ4v) is 2.81. The molecule has 2 amide bonds. The zero-order valence-electron chi connectivity index (χ0n) is 12.4. The molecule has 2 atom stereocenters. The summed E-state index contributed by atoms with van der Waals surface area (Å²) in [6.07, 6.45) is -1.56. The fourth-order valence-electron chi connectivity index (χ4n) is 2.81. The predicted octanol–water partition coefficient (Wildman–Crippen LogP) is 1.62. The molecule has 0 aliphatic heterocycles. The largest absolute Gasteiger partial charge is 0.392 e. The van der Waals surface area contributed by atoms with Crippen molar-refractivity contribution in [1.82, 2.24) is 20.8 Å². The molecule has 1 fully saturated rings. The van der Waals surface area contributed by atoms with E-state index >= 15 is 0 Å². The summed E-state index contributed by atoms with van der Waals surface area (Å²) >= 11 is 0. The first-order chi connectivity index (χ1) is 10.9. The second-order valence-electron chi connectivity index (χ2n) is 5.56. The van der Waals surface area contributed by atoms with Crippen LogP contribution in [0.5, 0.6) is 0 Å². The highest BCUT2D eigenvalue weighted by molar-refractivity contribution is 5.92. The third-order valence-corrected chi connectivity index (χ3v) is 3.98. The molecule has 0 spiro atoms. The smallest absolute Gasteiger partial charge is 0.354 e. The molecule has 1 saturated carbocycles. The van der Waals surface area contributed by atoms with E-state index in [1.165, 1.54) is 12.3 Å². The minimum absolute atomic E-state index is 0.00184. The number of halogens is 3. The Morgan fingerprint density at radius 3 is 2.57 bits per heavy atom.